The quantitative estimate of drug-likeness (QED) is 0.410. The Morgan fingerprint density at radius 1 is 1.30 bits per heavy atom. The Kier molecular flexibility index (Phi) is 6.55. The molecule has 2 heterocycles. The van der Waals surface area contributed by atoms with Gasteiger partial charge in [0.1, 0.15) is 0 Å². The van der Waals surface area contributed by atoms with Crippen LogP contribution < -0.4 is 10.9 Å². The lowest BCUT2D eigenvalue weighted by molar-refractivity contribution is -0.115. The van der Waals surface area contributed by atoms with Crippen LogP contribution in [-0.4, -0.2) is 33.4 Å². The first-order valence-corrected chi connectivity index (χ1v) is 11.5. The lowest BCUT2D eigenvalue weighted by atomic mass is 10.2. The fourth-order valence-electron chi connectivity index (χ4n) is 3.38. The number of rotatable bonds is 6. The summed E-state index contributed by atoms with van der Waals surface area (Å²) < 4.78 is 8.35. The molecule has 6 nitrogen and oxygen atoms in total. The van der Waals surface area contributed by atoms with E-state index in [1.54, 1.807) is 10.6 Å². The summed E-state index contributed by atoms with van der Waals surface area (Å²) in [6.45, 7) is 2.98. The topological polar surface area (TPSA) is 73.2 Å². The molecule has 0 radical (unpaired) electrons. The second-order valence-corrected chi connectivity index (χ2v) is 9.44. The van der Waals surface area contributed by atoms with Crippen LogP contribution in [-0.2, 0) is 16.1 Å². The van der Waals surface area contributed by atoms with E-state index in [0.717, 1.165) is 29.6 Å². The average Bonchev–Trinajstić information content (AvgIpc) is 3.26. The highest BCUT2D eigenvalue weighted by Gasteiger charge is 2.23. The number of carbonyl (C=O) groups excluding carboxylic acids is 1. The Balaban J connectivity index is 1.60. The van der Waals surface area contributed by atoms with E-state index in [0.29, 0.717) is 22.6 Å². The first-order valence-electron chi connectivity index (χ1n) is 9.85. The van der Waals surface area contributed by atoms with E-state index >= 15 is 0 Å². The lowest BCUT2D eigenvalue weighted by Gasteiger charge is -2.18. The summed E-state index contributed by atoms with van der Waals surface area (Å²) in [5.41, 5.74) is 1.26. The number of nitrogens with one attached hydrogen (secondary N) is 1. The summed E-state index contributed by atoms with van der Waals surface area (Å²) in [6.07, 6.45) is 1.91. The minimum Gasteiger partial charge on any atom is -0.376 e. The maximum absolute atomic E-state index is 13.2. The minimum atomic E-state index is -0.433. The molecule has 1 fully saturated rings. The van der Waals surface area contributed by atoms with Gasteiger partial charge in [-0.25, -0.2) is 4.98 Å². The molecule has 0 bridgehead atoms. The second kappa shape index (κ2) is 9.32. The van der Waals surface area contributed by atoms with E-state index < -0.39 is 5.25 Å². The number of ether oxygens (including phenoxy) is 1. The Morgan fingerprint density at radius 3 is 2.80 bits per heavy atom. The summed E-state index contributed by atoms with van der Waals surface area (Å²) in [5, 5.41) is 3.59. The molecular formula is C22H22BrN3O3S. The standard InChI is InChI=1S/C22H22BrN3O3S/c1-14(20(27)24-16-10-8-15(23)9-11-16)30-22-25-19-7-3-2-6-18(19)21(28)26(22)13-17-5-4-12-29-17/h2-3,6-11,14,17H,4-5,12-13H2,1H3,(H,24,27)/t14-,17+/m0/s1. The molecule has 4 rings (SSSR count). The highest BCUT2D eigenvalue weighted by atomic mass is 79.9. The van der Waals surface area contributed by atoms with Crippen molar-refractivity contribution < 1.29 is 9.53 Å². The van der Waals surface area contributed by atoms with Gasteiger partial charge in [-0.3, -0.25) is 14.2 Å². The third kappa shape index (κ3) is 4.77. The third-order valence-electron chi connectivity index (χ3n) is 5.00. The predicted molar refractivity (Wildman–Crippen MR) is 123 cm³/mol. The van der Waals surface area contributed by atoms with Gasteiger partial charge in [0.15, 0.2) is 5.16 Å². The predicted octanol–water partition coefficient (Wildman–Crippen LogP) is 4.46. The zero-order chi connectivity index (χ0) is 21.1. The van der Waals surface area contributed by atoms with Crippen molar-refractivity contribution in [2.24, 2.45) is 0 Å². The van der Waals surface area contributed by atoms with Crippen LogP contribution in [0.3, 0.4) is 0 Å². The van der Waals surface area contributed by atoms with Crippen molar-refractivity contribution in [1.82, 2.24) is 9.55 Å². The van der Waals surface area contributed by atoms with Gasteiger partial charge in [-0.05, 0) is 56.2 Å². The number of benzene rings is 2. The zero-order valence-corrected chi connectivity index (χ0v) is 18.9. The number of para-hydroxylation sites is 1. The minimum absolute atomic E-state index is 0.00286. The molecule has 1 aliphatic heterocycles. The van der Waals surface area contributed by atoms with Crippen LogP contribution in [0.1, 0.15) is 19.8 Å². The molecule has 0 spiro atoms. The summed E-state index contributed by atoms with van der Waals surface area (Å²) in [5.74, 6) is -0.145. The van der Waals surface area contributed by atoms with E-state index in [-0.39, 0.29) is 17.6 Å². The SMILES string of the molecule is C[C@H](Sc1nc2ccccc2c(=O)n1C[C@H]1CCCO1)C(=O)Nc1ccc(Br)cc1. The van der Waals surface area contributed by atoms with Crippen molar-refractivity contribution in [2.45, 2.75) is 42.8 Å². The van der Waals surface area contributed by atoms with Gasteiger partial charge in [0.2, 0.25) is 5.91 Å². The maximum Gasteiger partial charge on any atom is 0.262 e. The Labute approximate surface area is 187 Å². The molecule has 1 amide bonds. The number of nitrogens with zero attached hydrogens (tertiary/aromatic N) is 2. The Bertz CT molecular complexity index is 1110. The molecule has 3 aromatic rings. The first kappa shape index (κ1) is 21.1. The van der Waals surface area contributed by atoms with E-state index in [2.05, 4.69) is 21.2 Å². The monoisotopic (exact) mass is 487 g/mol. The van der Waals surface area contributed by atoms with Gasteiger partial charge in [-0.1, -0.05) is 39.8 Å². The van der Waals surface area contributed by atoms with Gasteiger partial charge >= 0.3 is 0 Å². The van der Waals surface area contributed by atoms with Crippen LogP contribution in [0.4, 0.5) is 5.69 Å². The number of anilines is 1. The molecule has 0 saturated carbocycles. The normalized spacial score (nSPS) is 17.2. The maximum atomic E-state index is 13.2. The summed E-state index contributed by atoms with van der Waals surface area (Å²) in [6, 6.07) is 14.7. The van der Waals surface area contributed by atoms with Gasteiger partial charge in [-0.2, -0.15) is 0 Å². The lowest BCUT2D eigenvalue weighted by Crippen LogP contribution is -2.30. The molecule has 30 heavy (non-hydrogen) atoms. The number of carbonyl (C=O) groups is 1. The molecule has 156 valence electrons. The number of fused-ring (bicyclic) bond motifs is 1. The molecule has 0 aliphatic carbocycles. The van der Waals surface area contributed by atoms with Crippen LogP contribution in [0.2, 0.25) is 0 Å². The number of halogens is 1. The fraction of sp³-hybridized carbons (Fsp3) is 0.318. The molecule has 2 aromatic carbocycles. The second-order valence-electron chi connectivity index (χ2n) is 7.22. The van der Waals surface area contributed by atoms with E-state index in [1.165, 1.54) is 11.8 Å². The van der Waals surface area contributed by atoms with E-state index in [9.17, 15) is 9.59 Å². The van der Waals surface area contributed by atoms with Crippen molar-refractivity contribution in [3.05, 3.63) is 63.4 Å². The van der Waals surface area contributed by atoms with Gasteiger partial charge in [0, 0.05) is 16.8 Å². The van der Waals surface area contributed by atoms with Crippen LogP contribution in [0.25, 0.3) is 10.9 Å². The van der Waals surface area contributed by atoms with Crippen molar-refractivity contribution in [3.63, 3.8) is 0 Å². The van der Waals surface area contributed by atoms with E-state index in [1.807, 2.05) is 49.4 Å². The molecule has 0 unspecified atom stereocenters. The summed E-state index contributed by atoms with van der Waals surface area (Å²) >= 11 is 4.68. The van der Waals surface area contributed by atoms with Crippen molar-refractivity contribution in [1.29, 1.82) is 0 Å². The first-order chi connectivity index (χ1) is 14.5. The van der Waals surface area contributed by atoms with Crippen molar-refractivity contribution in [3.8, 4) is 0 Å². The number of hydrogen-bond donors (Lipinski definition) is 1. The molecule has 1 aromatic heterocycles. The summed E-state index contributed by atoms with van der Waals surface area (Å²) in [7, 11) is 0. The van der Waals surface area contributed by atoms with Crippen LogP contribution in [0, 0.1) is 0 Å². The van der Waals surface area contributed by atoms with Crippen LogP contribution >= 0.6 is 27.7 Å². The van der Waals surface area contributed by atoms with Gasteiger partial charge < -0.3 is 10.1 Å². The van der Waals surface area contributed by atoms with Gasteiger partial charge in [-0.15, -0.1) is 0 Å². The number of amides is 1. The highest BCUT2D eigenvalue weighted by Crippen LogP contribution is 2.25. The van der Waals surface area contributed by atoms with E-state index in [4.69, 9.17) is 9.72 Å². The van der Waals surface area contributed by atoms with Crippen LogP contribution in [0.5, 0.6) is 0 Å². The third-order valence-corrected chi connectivity index (χ3v) is 6.62. The van der Waals surface area contributed by atoms with Crippen LogP contribution in [0.15, 0.2) is 63.0 Å². The Morgan fingerprint density at radius 2 is 2.07 bits per heavy atom. The highest BCUT2D eigenvalue weighted by molar-refractivity contribution is 9.10. The zero-order valence-electron chi connectivity index (χ0n) is 16.5. The molecule has 8 heteroatoms. The van der Waals surface area contributed by atoms with Crippen molar-refractivity contribution >= 4 is 50.2 Å². The molecule has 2 atom stereocenters. The van der Waals surface area contributed by atoms with Crippen molar-refractivity contribution in [2.75, 3.05) is 11.9 Å². The molecule has 1 N–H and O–H groups in total. The van der Waals surface area contributed by atoms with Gasteiger partial charge in [0.25, 0.3) is 5.56 Å². The smallest absolute Gasteiger partial charge is 0.262 e. The largest absolute Gasteiger partial charge is 0.376 e. The molecular weight excluding hydrogens is 466 g/mol. The number of aromatic nitrogens is 2. The average molecular weight is 488 g/mol. The molecule has 1 aliphatic rings. The number of thioether (sulfide) groups is 1. The molecule has 1 saturated heterocycles. The number of hydrogen-bond acceptors (Lipinski definition) is 5. The van der Waals surface area contributed by atoms with Gasteiger partial charge in [0.05, 0.1) is 28.8 Å². The Hall–Kier alpha value is -2.16. The fourth-order valence-corrected chi connectivity index (χ4v) is 4.56. The summed E-state index contributed by atoms with van der Waals surface area (Å²) in [4.78, 5) is 30.6.